The predicted molar refractivity (Wildman–Crippen MR) is 137 cm³/mol. The molecule has 5 nitrogen and oxygen atoms in total. The molecule has 1 fully saturated rings. The number of hydrogen-bond donors (Lipinski definition) is 0. The fourth-order valence-electron chi connectivity index (χ4n) is 3.76. The topological polar surface area (TPSA) is 45.9 Å². The third kappa shape index (κ3) is 5.62. The van der Waals surface area contributed by atoms with Crippen molar-refractivity contribution >= 4 is 63.9 Å². The molecule has 0 bridgehead atoms. The highest BCUT2D eigenvalue weighted by atomic mass is 35.5. The maximum atomic E-state index is 12.9. The van der Waals surface area contributed by atoms with Crippen LogP contribution in [0.3, 0.4) is 0 Å². The highest BCUT2D eigenvalue weighted by molar-refractivity contribution is 6.55. The molecule has 3 aromatic rings. The van der Waals surface area contributed by atoms with Crippen molar-refractivity contribution in [2.75, 3.05) is 26.2 Å². The molecule has 1 aliphatic heterocycles. The minimum atomic E-state index is -0.157. The average molecular weight is 563 g/mol. The largest absolute Gasteiger partial charge is 0.482 e. The maximum absolute atomic E-state index is 12.9. The van der Waals surface area contributed by atoms with E-state index in [4.69, 9.17) is 67.2 Å². The van der Waals surface area contributed by atoms with Gasteiger partial charge in [0, 0.05) is 32.7 Å². The number of furan rings is 1. The number of nitrogens with zero attached hydrogens (tertiary/aromatic N) is 2. The van der Waals surface area contributed by atoms with Crippen molar-refractivity contribution in [2.24, 2.45) is 0 Å². The van der Waals surface area contributed by atoms with Gasteiger partial charge in [0.15, 0.2) is 11.5 Å². The Hall–Kier alpha value is -1.60. The lowest BCUT2D eigenvalue weighted by Crippen LogP contribution is -2.48. The molecule has 2 aromatic carbocycles. The van der Waals surface area contributed by atoms with Crippen molar-refractivity contribution in [1.82, 2.24) is 9.80 Å². The van der Waals surface area contributed by atoms with Crippen LogP contribution in [0, 0.1) is 6.92 Å². The number of amides is 1. The molecule has 0 aliphatic carbocycles. The Kier molecular flexibility index (Phi) is 8.24. The molecule has 0 atom stereocenters. The van der Waals surface area contributed by atoms with Gasteiger partial charge in [-0.05, 0) is 24.6 Å². The van der Waals surface area contributed by atoms with Crippen LogP contribution in [0.4, 0.5) is 0 Å². The summed E-state index contributed by atoms with van der Waals surface area (Å²) in [6.07, 6.45) is 0. The summed E-state index contributed by atoms with van der Waals surface area (Å²) >= 11 is 30.5. The van der Waals surface area contributed by atoms with Gasteiger partial charge >= 0.3 is 0 Å². The van der Waals surface area contributed by atoms with Crippen molar-refractivity contribution in [2.45, 2.75) is 20.1 Å². The molecule has 1 aromatic heterocycles. The second kappa shape index (κ2) is 11.0. The Bertz CT molecular complexity index is 1180. The minimum Gasteiger partial charge on any atom is -0.482 e. The minimum absolute atomic E-state index is 0.0225. The Morgan fingerprint density at radius 1 is 0.912 bits per heavy atom. The zero-order chi connectivity index (χ0) is 24.4. The number of carbonyl (C=O) groups is 1. The number of benzene rings is 2. The number of halogens is 5. The van der Waals surface area contributed by atoms with Gasteiger partial charge in [0.2, 0.25) is 0 Å². The van der Waals surface area contributed by atoms with Crippen LogP contribution >= 0.6 is 58.0 Å². The number of piperazine rings is 1. The normalized spacial score (nSPS) is 14.5. The highest BCUT2D eigenvalue weighted by Gasteiger charge is 2.25. The van der Waals surface area contributed by atoms with Crippen molar-refractivity contribution in [3.63, 3.8) is 0 Å². The summed E-state index contributed by atoms with van der Waals surface area (Å²) in [4.78, 5) is 17.1. The van der Waals surface area contributed by atoms with Crippen LogP contribution in [-0.2, 0) is 13.2 Å². The summed E-state index contributed by atoms with van der Waals surface area (Å²) < 4.78 is 11.4. The zero-order valence-electron chi connectivity index (χ0n) is 18.2. The molecule has 34 heavy (non-hydrogen) atoms. The first-order chi connectivity index (χ1) is 16.2. The molecule has 1 amide bonds. The van der Waals surface area contributed by atoms with Gasteiger partial charge < -0.3 is 14.1 Å². The summed E-state index contributed by atoms with van der Waals surface area (Å²) in [5.74, 6) is 0.609. The lowest BCUT2D eigenvalue weighted by molar-refractivity contribution is 0.0594. The quantitative estimate of drug-likeness (QED) is 0.232. The number of ether oxygens (including phenoxy) is 1. The highest BCUT2D eigenvalue weighted by Crippen LogP contribution is 2.48. The monoisotopic (exact) mass is 560 g/mol. The Labute approximate surface area is 223 Å². The first kappa shape index (κ1) is 25.5. The van der Waals surface area contributed by atoms with Crippen LogP contribution < -0.4 is 4.74 Å². The van der Waals surface area contributed by atoms with E-state index in [1.54, 1.807) is 17.0 Å². The fraction of sp³-hybridized carbons (Fsp3) is 0.292. The molecule has 1 aliphatic rings. The van der Waals surface area contributed by atoms with Crippen LogP contribution in [0.15, 0.2) is 40.8 Å². The van der Waals surface area contributed by atoms with Gasteiger partial charge in [0.25, 0.3) is 5.91 Å². The van der Waals surface area contributed by atoms with E-state index in [1.165, 1.54) is 11.1 Å². The molecule has 2 heterocycles. The second-order valence-corrected chi connectivity index (χ2v) is 9.90. The van der Waals surface area contributed by atoms with Gasteiger partial charge in [0.1, 0.15) is 22.4 Å². The molecule has 0 N–H and O–H groups in total. The van der Waals surface area contributed by atoms with Crippen molar-refractivity contribution in [3.8, 4) is 5.75 Å². The molecule has 180 valence electrons. The van der Waals surface area contributed by atoms with Gasteiger partial charge in [-0.25, -0.2) is 0 Å². The van der Waals surface area contributed by atoms with Gasteiger partial charge in [-0.1, -0.05) is 87.8 Å². The van der Waals surface area contributed by atoms with E-state index < -0.39 is 0 Å². The van der Waals surface area contributed by atoms with Gasteiger partial charge in [0.05, 0.1) is 15.1 Å². The summed E-state index contributed by atoms with van der Waals surface area (Å²) in [7, 11) is 0. The number of carbonyl (C=O) groups excluding carboxylic acids is 1. The molecule has 0 spiro atoms. The van der Waals surface area contributed by atoms with E-state index in [0.29, 0.717) is 18.8 Å². The van der Waals surface area contributed by atoms with Crippen LogP contribution in [0.25, 0.3) is 0 Å². The van der Waals surface area contributed by atoms with Crippen LogP contribution in [-0.4, -0.2) is 41.9 Å². The second-order valence-electron chi connectivity index (χ2n) is 8.01. The van der Waals surface area contributed by atoms with Crippen molar-refractivity contribution < 1.29 is 13.9 Å². The van der Waals surface area contributed by atoms with E-state index in [9.17, 15) is 4.79 Å². The first-order valence-corrected chi connectivity index (χ1v) is 12.4. The summed E-state index contributed by atoms with van der Waals surface area (Å²) in [6, 6.07) is 11.8. The van der Waals surface area contributed by atoms with E-state index in [2.05, 4.69) is 36.1 Å². The van der Waals surface area contributed by atoms with Crippen molar-refractivity contribution in [1.29, 1.82) is 0 Å². The SMILES string of the molecule is Cc1cccc(CN2CCN(C(=O)c3ccc(COc4c(Cl)c(Cl)c(Cl)c(Cl)c4Cl)o3)CC2)c1. The van der Waals surface area contributed by atoms with Crippen LogP contribution in [0.2, 0.25) is 25.1 Å². The molecular formula is C24H21Cl5N2O3. The van der Waals surface area contributed by atoms with E-state index in [0.717, 1.165) is 19.6 Å². The van der Waals surface area contributed by atoms with E-state index in [1.807, 2.05) is 0 Å². The van der Waals surface area contributed by atoms with E-state index >= 15 is 0 Å². The Morgan fingerprint density at radius 2 is 1.56 bits per heavy atom. The molecule has 1 saturated heterocycles. The molecular weight excluding hydrogens is 542 g/mol. The van der Waals surface area contributed by atoms with Gasteiger partial charge in [-0.15, -0.1) is 0 Å². The lowest BCUT2D eigenvalue weighted by Gasteiger charge is -2.34. The number of aryl methyl sites for hydroxylation is 1. The van der Waals surface area contributed by atoms with E-state index in [-0.39, 0.29) is 49.1 Å². The Morgan fingerprint density at radius 3 is 2.21 bits per heavy atom. The number of rotatable bonds is 6. The lowest BCUT2D eigenvalue weighted by atomic mass is 10.1. The molecule has 0 radical (unpaired) electrons. The summed E-state index contributed by atoms with van der Waals surface area (Å²) in [6.45, 7) is 5.79. The van der Waals surface area contributed by atoms with Gasteiger partial charge in [-0.2, -0.15) is 0 Å². The van der Waals surface area contributed by atoms with Crippen LogP contribution in [0.1, 0.15) is 27.4 Å². The Balaban J connectivity index is 1.34. The third-order valence-electron chi connectivity index (χ3n) is 5.55. The predicted octanol–water partition coefficient (Wildman–Crippen LogP) is 7.39. The average Bonchev–Trinajstić information content (AvgIpc) is 3.30. The zero-order valence-corrected chi connectivity index (χ0v) is 22.0. The third-order valence-corrected chi connectivity index (χ3v) is 7.79. The molecule has 4 rings (SSSR count). The fourth-order valence-corrected chi connectivity index (χ4v) is 4.99. The van der Waals surface area contributed by atoms with Crippen molar-refractivity contribution in [3.05, 3.63) is 84.2 Å². The van der Waals surface area contributed by atoms with Crippen LogP contribution in [0.5, 0.6) is 5.75 Å². The first-order valence-electron chi connectivity index (χ1n) is 10.5. The summed E-state index contributed by atoms with van der Waals surface area (Å²) in [5, 5.41) is 0.240. The standard InChI is InChI=1S/C24H21Cl5N2O3/c1-14-3-2-4-15(11-14)12-30-7-9-31(10-8-30)24(32)17-6-5-16(34-17)13-33-23-21(28)19(26)18(25)20(27)22(23)29/h2-6,11H,7-10,12-13H2,1H3. The maximum Gasteiger partial charge on any atom is 0.289 e. The molecule has 0 unspecified atom stereocenters. The summed E-state index contributed by atoms with van der Waals surface area (Å²) in [5.41, 5.74) is 2.52. The van der Waals surface area contributed by atoms with Gasteiger partial charge in [-0.3, -0.25) is 9.69 Å². The molecule has 10 heteroatoms. The number of hydrogen-bond acceptors (Lipinski definition) is 4. The smallest absolute Gasteiger partial charge is 0.289 e. The molecule has 0 saturated carbocycles.